The summed E-state index contributed by atoms with van der Waals surface area (Å²) in [6.07, 6.45) is -2.98. The van der Waals surface area contributed by atoms with Crippen LogP contribution in [0.25, 0.3) is 0 Å². The van der Waals surface area contributed by atoms with E-state index < -0.39 is 48.7 Å². The Balaban J connectivity index is 2.11. The van der Waals surface area contributed by atoms with Crippen LogP contribution in [0, 0.1) is 5.92 Å². The summed E-state index contributed by atoms with van der Waals surface area (Å²) in [5, 5.41) is 2.39. The molecule has 1 aliphatic carbocycles. The van der Waals surface area contributed by atoms with Crippen molar-refractivity contribution in [3.05, 3.63) is 0 Å². The highest BCUT2D eigenvalue weighted by molar-refractivity contribution is 6.08. The first kappa shape index (κ1) is 17.6. The van der Waals surface area contributed by atoms with Crippen molar-refractivity contribution in [2.75, 3.05) is 13.1 Å². The minimum atomic E-state index is -4.53. The molecule has 1 aliphatic heterocycles. The summed E-state index contributed by atoms with van der Waals surface area (Å²) in [6, 6.07) is -1.34. The van der Waals surface area contributed by atoms with Gasteiger partial charge in [-0.05, 0) is 39.5 Å². The van der Waals surface area contributed by atoms with Gasteiger partial charge in [0, 0.05) is 6.04 Å². The van der Waals surface area contributed by atoms with Crippen LogP contribution in [-0.2, 0) is 9.59 Å². The van der Waals surface area contributed by atoms with E-state index >= 15 is 0 Å². The van der Waals surface area contributed by atoms with Crippen molar-refractivity contribution in [3.8, 4) is 0 Å². The second kappa shape index (κ2) is 5.68. The van der Waals surface area contributed by atoms with Crippen molar-refractivity contribution >= 4 is 17.8 Å². The standard InChI is InChI=1S/C14H20F3N3O3/c1-8(9-4-5-9)20(7-14(15,16)17)10(21)6-19-11(22)13(2,3)18-12(19)23/h8-9H,4-7H2,1-3H3,(H,18,23)/t8-/m1/s1. The van der Waals surface area contributed by atoms with E-state index in [1.807, 2.05) is 0 Å². The molecule has 1 saturated carbocycles. The first-order valence-electron chi connectivity index (χ1n) is 7.43. The third kappa shape index (κ3) is 3.94. The molecule has 1 N–H and O–H groups in total. The normalized spacial score (nSPS) is 22.1. The Kier molecular flexibility index (Phi) is 4.34. The molecular formula is C14H20F3N3O3. The molecule has 0 aromatic heterocycles. The van der Waals surface area contributed by atoms with Crippen LogP contribution in [0.15, 0.2) is 0 Å². The average molecular weight is 335 g/mol. The van der Waals surface area contributed by atoms with Gasteiger partial charge in [-0.15, -0.1) is 0 Å². The molecule has 0 aromatic rings. The number of halogens is 3. The number of imide groups is 1. The van der Waals surface area contributed by atoms with E-state index in [0.29, 0.717) is 4.90 Å². The molecule has 0 unspecified atom stereocenters. The van der Waals surface area contributed by atoms with Gasteiger partial charge in [0.15, 0.2) is 0 Å². The minimum absolute atomic E-state index is 0.0425. The summed E-state index contributed by atoms with van der Waals surface area (Å²) in [6.45, 7) is 2.45. The predicted molar refractivity (Wildman–Crippen MR) is 74.3 cm³/mol. The summed E-state index contributed by atoms with van der Waals surface area (Å²) in [5.41, 5.74) is -1.16. The zero-order valence-electron chi connectivity index (χ0n) is 13.2. The van der Waals surface area contributed by atoms with Gasteiger partial charge in [0.05, 0.1) is 0 Å². The van der Waals surface area contributed by atoms with Gasteiger partial charge in [0.25, 0.3) is 5.91 Å². The van der Waals surface area contributed by atoms with E-state index in [1.54, 1.807) is 6.92 Å². The summed E-state index contributed by atoms with van der Waals surface area (Å²) >= 11 is 0. The Morgan fingerprint density at radius 3 is 2.35 bits per heavy atom. The van der Waals surface area contributed by atoms with Crippen LogP contribution in [0.2, 0.25) is 0 Å². The molecule has 1 saturated heterocycles. The lowest BCUT2D eigenvalue weighted by Gasteiger charge is -2.31. The SMILES string of the molecule is C[C@H](C1CC1)N(CC(F)(F)F)C(=O)CN1C(=O)NC(C)(C)C1=O. The molecule has 0 aromatic carbocycles. The van der Waals surface area contributed by atoms with Crippen LogP contribution < -0.4 is 5.32 Å². The first-order valence-corrected chi connectivity index (χ1v) is 7.43. The van der Waals surface area contributed by atoms with Gasteiger partial charge in [-0.25, -0.2) is 4.79 Å². The molecule has 9 heteroatoms. The van der Waals surface area contributed by atoms with E-state index in [-0.39, 0.29) is 5.92 Å². The van der Waals surface area contributed by atoms with Crippen molar-refractivity contribution in [1.29, 1.82) is 0 Å². The topological polar surface area (TPSA) is 69.7 Å². The second-order valence-corrected chi connectivity index (χ2v) is 6.66. The van der Waals surface area contributed by atoms with Crippen LogP contribution in [0.3, 0.4) is 0 Å². The lowest BCUT2D eigenvalue weighted by atomic mass is 10.1. The lowest BCUT2D eigenvalue weighted by Crippen LogP contribution is -2.50. The lowest BCUT2D eigenvalue weighted by molar-refractivity contribution is -0.166. The number of hydrogen-bond donors (Lipinski definition) is 1. The number of hydrogen-bond acceptors (Lipinski definition) is 3. The highest BCUT2D eigenvalue weighted by Gasteiger charge is 2.47. The monoisotopic (exact) mass is 335 g/mol. The smallest absolute Gasteiger partial charge is 0.329 e. The number of amides is 4. The quantitative estimate of drug-likeness (QED) is 0.774. The molecule has 2 fully saturated rings. The number of alkyl halides is 3. The Bertz CT molecular complexity index is 529. The fraction of sp³-hybridized carbons (Fsp3) is 0.786. The summed E-state index contributed by atoms with van der Waals surface area (Å²) < 4.78 is 38.2. The number of carbonyl (C=O) groups excluding carboxylic acids is 3. The zero-order valence-corrected chi connectivity index (χ0v) is 13.2. The molecule has 0 spiro atoms. The molecule has 4 amide bonds. The van der Waals surface area contributed by atoms with E-state index in [4.69, 9.17) is 0 Å². The zero-order chi connectivity index (χ0) is 17.6. The number of nitrogens with zero attached hydrogens (tertiary/aromatic N) is 2. The maximum atomic E-state index is 12.7. The third-order valence-electron chi connectivity index (χ3n) is 4.20. The van der Waals surface area contributed by atoms with Gasteiger partial charge in [-0.1, -0.05) is 0 Å². The van der Waals surface area contributed by atoms with Gasteiger partial charge in [-0.2, -0.15) is 13.2 Å². The molecular weight excluding hydrogens is 315 g/mol. The Hall–Kier alpha value is -1.80. The fourth-order valence-corrected chi connectivity index (χ4v) is 2.67. The van der Waals surface area contributed by atoms with E-state index in [9.17, 15) is 27.6 Å². The Labute approximate surface area is 132 Å². The second-order valence-electron chi connectivity index (χ2n) is 6.66. The van der Waals surface area contributed by atoms with E-state index in [2.05, 4.69) is 5.32 Å². The average Bonchev–Trinajstić information content (AvgIpc) is 3.20. The van der Waals surface area contributed by atoms with Crippen molar-refractivity contribution in [3.63, 3.8) is 0 Å². The summed E-state index contributed by atoms with van der Waals surface area (Å²) in [5.74, 6) is -1.45. The van der Waals surface area contributed by atoms with Crippen LogP contribution in [0.5, 0.6) is 0 Å². The van der Waals surface area contributed by atoms with Crippen molar-refractivity contribution in [2.45, 2.75) is 51.4 Å². The van der Waals surface area contributed by atoms with Gasteiger partial charge >= 0.3 is 12.2 Å². The number of carbonyl (C=O) groups is 3. The molecule has 1 heterocycles. The number of urea groups is 1. The van der Waals surface area contributed by atoms with Crippen LogP contribution >= 0.6 is 0 Å². The van der Waals surface area contributed by atoms with Crippen molar-refractivity contribution in [2.24, 2.45) is 5.92 Å². The molecule has 1 atom stereocenters. The fourth-order valence-electron chi connectivity index (χ4n) is 2.67. The van der Waals surface area contributed by atoms with Gasteiger partial charge < -0.3 is 10.2 Å². The molecule has 2 aliphatic rings. The first-order chi connectivity index (χ1) is 10.4. The van der Waals surface area contributed by atoms with E-state index in [1.165, 1.54) is 13.8 Å². The summed E-state index contributed by atoms with van der Waals surface area (Å²) in [4.78, 5) is 37.5. The van der Waals surface area contributed by atoms with Gasteiger partial charge in [0.1, 0.15) is 18.6 Å². The largest absolute Gasteiger partial charge is 0.406 e. The van der Waals surface area contributed by atoms with Gasteiger partial charge in [-0.3, -0.25) is 14.5 Å². The Morgan fingerprint density at radius 1 is 1.39 bits per heavy atom. The predicted octanol–water partition coefficient (Wildman–Crippen LogP) is 1.51. The van der Waals surface area contributed by atoms with Crippen LogP contribution in [0.4, 0.5) is 18.0 Å². The molecule has 2 rings (SSSR count). The summed E-state index contributed by atoms with van der Waals surface area (Å²) in [7, 11) is 0. The molecule has 0 bridgehead atoms. The Morgan fingerprint density at radius 2 is 1.96 bits per heavy atom. The van der Waals surface area contributed by atoms with Gasteiger partial charge in [0.2, 0.25) is 5.91 Å². The molecule has 23 heavy (non-hydrogen) atoms. The highest BCUT2D eigenvalue weighted by Crippen LogP contribution is 2.36. The maximum absolute atomic E-state index is 12.7. The van der Waals surface area contributed by atoms with Crippen LogP contribution in [0.1, 0.15) is 33.6 Å². The molecule has 0 radical (unpaired) electrons. The van der Waals surface area contributed by atoms with E-state index in [0.717, 1.165) is 17.7 Å². The van der Waals surface area contributed by atoms with Crippen molar-refractivity contribution in [1.82, 2.24) is 15.1 Å². The highest BCUT2D eigenvalue weighted by atomic mass is 19.4. The number of nitrogens with one attached hydrogen (secondary N) is 1. The maximum Gasteiger partial charge on any atom is 0.406 e. The molecule has 130 valence electrons. The van der Waals surface area contributed by atoms with Crippen molar-refractivity contribution < 1.29 is 27.6 Å². The number of rotatable bonds is 5. The third-order valence-corrected chi connectivity index (χ3v) is 4.20. The molecule has 6 nitrogen and oxygen atoms in total. The minimum Gasteiger partial charge on any atom is -0.329 e. The van der Waals surface area contributed by atoms with Crippen LogP contribution in [-0.4, -0.2) is 58.5 Å².